The molecule has 0 bridgehead atoms. The highest BCUT2D eigenvalue weighted by Gasteiger charge is 1.93. The van der Waals surface area contributed by atoms with Crippen molar-refractivity contribution in [1.82, 2.24) is 4.98 Å². The fourth-order valence-electron chi connectivity index (χ4n) is 0.570. The summed E-state index contributed by atoms with van der Waals surface area (Å²) in [6, 6.07) is 3.59. The number of nitrogens with one attached hydrogen (secondary N) is 1. The third kappa shape index (κ3) is 3.23. The number of hydrogen-bond donors (Lipinski definition) is 1. The molecule has 0 aliphatic carbocycles. The zero-order valence-electron chi connectivity index (χ0n) is 7.06. The Kier molecular flexibility index (Phi) is 5.57. The lowest BCUT2D eigenvalue weighted by Crippen LogP contribution is -1.90. The topological polar surface area (TPSA) is 24.9 Å². The van der Waals surface area contributed by atoms with E-state index in [1.807, 2.05) is 13.8 Å². The van der Waals surface area contributed by atoms with E-state index in [2.05, 4.69) is 10.3 Å². The van der Waals surface area contributed by atoms with E-state index in [-0.39, 0.29) is 0 Å². The number of halogens is 1. The van der Waals surface area contributed by atoms with Gasteiger partial charge in [-0.25, -0.2) is 4.98 Å². The smallest absolute Gasteiger partial charge is 0.144 e. The van der Waals surface area contributed by atoms with Gasteiger partial charge in [0.2, 0.25) is 0 Å². The minimum Gasteiger partial charge on any atom is -0.372 e. The SMILES string of the molecule is CC.CNc1ncccc1Cl. The second kappa shape index (κ2) is 5.98. The molecule has 1 aromatic heterocycles. The molecular formula is C8H13ClN2. The lowest BCUT2D eigenvalue weighted by molar-refractivity contribution is 1.29. The van der Waals surface area contributed by atoms with Crippen LogP contribution in [0.3, 0.4) is 0 Å². The van der Waals surface area contributed by atoms with Crippen LogP contribution in [0.25, 0.3) is 0 Å². The van der Waals surface area contributed by atoms with Crippen LogP contribution in [0.4, 0.5) is 5.82 Å². The lowest BCUT2D eigenvalue weighted by Gasteiger charge is -1.97. The van der Waals surface area contributed by atoms with Crippen molar-refractivity contribution in [1.29, 1.82) is 0 Å². The molecule has 1 rings (SSSR count). The molecule has 2 nitrogen and oxygen atoms in total. The summed E-state index contributed by atoms with van der Waals surface area (Å²) < 4.78 is 0. The first-order valence-corrected chi connectivity index (χ1v) is 4.00. The number of nitrogens with zero attached hydrogens (tertiary/aromatic N) is 1. The zero-order valence-corrected chi connectivity index (χ0v) is 7.81. The van der Waals surface area contributed by atoms with E-state index in [0.29, 0.717) is 5.02 Å². The number of pyridine rings is 1. The van der Waals surface area contributed by atoms with Crippen LogP contribution in [0.5, 0.6) is 0 Å². The Morgan fingerprint density at radius 3 is 2.45 bits per heavy atom. The van der Waals surface area contributed by atoms with Gasteiger partial charge in [0, 0.05) is 13.2 Å². The van der Waals surface area contributed by atoms with E-state index in [9.17, 15) is 0 Å². The Balaban J connectivity index is 0.000000461. The maximum absolute atomic E-state index is 5.70. The van der Waals surface area contributed by atoms with Crippen molar-refractivity contribution in [2.75, 3.05) is 12.4 Å². The average molecular weight is 173 g/mol. The molecule has 1 aromatic rings. The predicted octanol–water partition coefficient (Wildman–Crippen LogP) is 2.80. The summed E-state index contributed by atoms with van der Waals surface area (Å²) in [5.74, 6) is 0.721. The van der Waals surface area contributed by atoms with Crippen molar-refractivity contribution in [2.24, 2.45) is 0 Å². The van der Waals surface area contributed by atoms with Crippen LogP contribution >= 0.6 is 11.6 Å². The summed E-state index contributed by atoms with van der Waals surface area (Å²) in [6.07, 6.45) is 1.69. The second-order valence-corrected chi connectivity index (χ2v) is 1.99. The van der Waals surface area contributed by atoms with Gasteiger partial charge in [-0.3, -0.25) is 0 Å². The molecule has 0 saturated heterocycles. The average Bonchev–Trinajstić information content (AvgIpc) is 2.09. The highest BCUT2D eigenvalue weighted by Crippen LogP contribution is 2.15. The van der Waals surface area contributed by atoms with Crippen molar-refractivity contribution in [3.8, 4) is 0 Å². The standard InChI is InChI=1S/C6H7ClN2.C2H6/c1-8-6-5(7)3-2-4-9-6;1-2/h2-4H,1H3,(H,8,9);1-2H3. The molecule has 0 aliphatic heterocycles. The summed E-state index contributed by atoms with van der Waals surface area (Å²) >= 11 is 5.70. The van der Waals surface area contributed by atoms with Crippen molar-refractivity contribution in [3.63, 3.8) is 0 Å². The largest absolute Gasteiger partial charge is 0.372 e. The molecule has 0 amide bonds. The molecule has 1 heterocycles. The Hall–Kier alpha value is -0.760. The Morgan fingerprint density at radius 1 is 1.45 bits per heavy atom. The highest BCUT2D eigenvalue weighted by atomic mass is 35.5. The predicted molar refractivity (Wildman–Crippen MR) is 50.1 cm³/mol. The quantitative estimate of drug-likeness (QED) is 0.705. The first-order chi connectivity index (χ1) is 5.34. The normalized spacial score (nSPS) is 8.00. The number of hydrogen-bond acceptors (Lipinski definition) is 2. The minimum atomic E-state index is 0.653. The molecule has 11 heavy (non-hydrogen) atoms. The van der Waals surface area contributed by atoms with Crippen LogP contribution < -0.4 is 5.32 Å². The molecule has 1 N–H and O–H groups in total. The van der Waals surface area contributed by atoms with Gasteiger partial charge in [0.05, 0.1) is 5.02 Å². The molecule has 0 aromatic carbocycles. The summed E-state index contributed by atoms with van der Waals surface area (Å²) in [6.45, 7) is 4.00. The van der Waals surface area contributed by atoms with E-state index in [1.54, 1.807) is 25.4 Å². The van der Waals surface area contributed by atoms with E-state index < -0.39 is 0 Å². The van der Waals surface area contributed by atoms with Crippen LogP contribution in [0.2, 0.25) is 5.02 Å². The fourth-order valence-corrected chi connectivity index (χ4v) is 0.786. The van der Waals surface area contributed by atoms with Gasteiger partial charge in [-0.05, 0) is 12.1 Å². The molecule has 0 saturated carbocycles. The van der Waals surface area contributed by atoms with Gasteiger partial charge in [-0.15, -0.1) is 0 Å². The molecule has 0 radical (unpaired) electrons. The van der Waals surface area contributed by atoms with Gasteiger partial charge < -0.3 is 5.32 Å². The second-order valence-electron chi connectivity index (χ2n) is 1.58. The molecule has 3 heteroatoms. The van der Waals surface area contributed by atoms with Gasteiger partial charge in [0.15, 0.2) is 0 Å². The van der Waals surface area contributed by atoms with Crippen LogP contribution in [0.15, 0.2) is 18.3 Å². The molecule has 0 spiro atoms. The van der Waals surface area contributed by atoms with Crippen LogP contribution in [-0.4, -0.2) is 12.0 Å². The van der Waals surface area contributed by atoms with Crippen LogP contribution in [0.1, 0.15) is 13.8 Å². The van der Waals surface area contributed by atoms with Crippen molar-refractivity contribution in [3.05, 3.63) is 23.4 Å². The van der Waals surface area contributed by atoms with Crippen molar-refractivity contribution in [2.45, 2.75) is 13.8 Å². The maximum Gasteiger partial charge on any atom is 0.144 e. The fraction of sp³-hybridized carbons (Fsp3) is 0.375. The molecular weight excluding hydrogens is 160 g/mol. The van der Waals surface area contributed by atoms with E-state index in [1.165, 1.54) is 0 Å². The zero-order chi connectivity index (χ0) is 8.69. The van der Waals surface area contributed by atoms with Gasteiger partial charge in [-0.2, -0.15) is 0 Å². The molecule has 0 atom stereocenters. The van der Waals surface area contributed by atoms with E-state index >= 15 is 0 Å². The number of anilines is 1. The Morgan fingerprint density at radius 2 is 2.09 bits per heavy atom. The van der Waals surface area contributed by atoms with Crippen LogP contribution in [-0.2, 0) is 0 Å². The Bertz CT molecular complexity index is 201. The molecule has 0 unspecified atom stereocenters. The van der Waals surface area contributed by atoms with Crippen LogP contribution in [0, 0.1) is 0 Å². The summed E-state index contributed by atoms with van der Waals surface area (Å²) in [7, 11) is 1.79. The third-order valence-corrected chi connectivity index (χ3v) is 1.30. The van der Waals surface area contributed by atoms with E-state index in [4.69, 9.17) is 11.6 Å². The third-order valence-electron chi connectivity index (χ3n) is 0.995. The number of rotatable bonds is 1. The van der Waals surface area contributed by atoms with Gasteiger partial charge in [0.1, 0.15) is 5.82 Å². The first-order valence-electron chi connectivity index (χ1n) is 3.63. The molecule has 0 aliphatic rings. The lowest BCUT2D eigenvalue weighted by atomic mass is 10.5. The molecule has 62 valence electrons. The summed E-state index contributed by atoms with van der Waals surface area (Å²) in [5, 5.41) is 3.50. The highest BCUT2D eigenvalue weighted by molar-refractivity contribution is 6.32. The summed E-state index contributed by atoms with van der Waals surface area (Å²) in [4.78, 5) is 3.95. The monoisotopic (exact) mass is 172 g/mol. The number of aromatic nitrogens is 1. The minimum absolute atomic E-state index is 0.653. The van der Waals surface area contributed by atoms with Gasteiger partial charge >= 0.3 is 0 Å². The van der Waals surface area contributed by atoms with E-state index in [0.717, 1.165) is 5.82 Å². The van der Waals surface area contributed by atoms with Gasteiger partial charge in [0.25, 0.3) is 0 Å². The summed E-state index contributed by atoms with van der Waals surface area (Å²) in [5.41, 5.74) is 0. The molecule has 0 fully saturated rings. The Labute approximate surface area is 72.6 Å². The maximum atomic E-state index is 5.70. The van der Waals surface area contributed by atoms with Crippen molar-refractivity contribution >= 4 is 17.4 Å². The first kappa shape index (κ1) is 10.2. The van der Waals surface area contributed by atoms with Crippen molar-refractivity contribution < 1.29 is 0 Å². The van der Waals surface area contributed by atoms with Gasteiger partial charge in [-0.1, -0.05) is 25.4 Å².